The Hall–Kier alpha value is -0.870. The lowest BCUT2D eigenvalue weighted by Crippen LogP contribution is -2.33. The first-order valence-electron chi connectivity index (χ1n) is 7.04. The number of aromatic nitrogens is 2. The number of nitrogens with one attached hydrogen (secondary N) is 1. The maximum atomic E-state index is 5.18. The minimum atomic E-state index is 0.461. The molecule has 0 bridgehead atoms. The van der Waals surface area contributed by atoms with Crippen LogP contribution in [0.15, 0.2) is 12.4 Å². The summed E-state index contributed by atoms with van der Waals surface area (Å²) in [6.07, 6.45) is 8.30. The topological polar surface area (TPSA) is 39.1 Å². The van der Waals surface area contributed by atoms with E-state index in [1.54, 1.807) is 7.11 Å². The van der Waals surface area contributed by atoms with Crippen LogP contribution in [0.25, 0.3) is 0 Å². The van der Waals surface area contributed by atoms with Gasteiger partial charge in [0.1, 0.15) is 5.82 Å². The predicted octanol–water partition coefficient (Wildman–Crippen LogP) is 2.24. The average Bonchev–Trinajstić information content (AvgIpc) is 2.80. The third-order valence-corrected chi connectivity index (χ3v) is 3.05. The molecule has 1 rings (SSSR count). The summed E-state index contributed by atoms with van der Waals surface area (Å²) in [5.41, 5.74) is 0. The van der Waals surface area contributed by atoms with Crippen LogP contribution in [0.3, 0.4) is 0 Å². The number of nitrogens with zero attached hydrogens (tertiary/aromatic N) is 2. The molecule has 0 saturated heterocycles. The third-order valence-electron chi connectivity index (χ3n) is 3.05. The fraction of sp³-hybridized carbons (Fsp3) is 0.786. The minimum Gasteiger partial charge on any atom is -0.385 e. The second kappa shape index (κ2) is 9.11. The van der Waals surface area contributed by atoms with Gasteiger partial charge in [-0.3, -0.25) is 0 Å². The first kappa shape index (κ1) is 15.2. The van der Waals surface area contributed by atoms with Crippen LogP contribution in [0.5, 0.6) is 0 Å². The van der Waals surface area contributed by atoms with Crippen molar-refractivity contribution in [2.75, 3.05) is 20.3 Å². The van der Waals surface area contributed by atoms with Crippen LogP contribution in [0.4, 0.5) is 0 Å². The number of hydrogen-bond donors (Lipinski definition) is 1. The number of ether oxygens (including phenoxy) is 1. The van der Waals surface area contributed by atoms with Gasteiger partial charge in [-0.1, -0.05) is 13.8 Å². The Balaban J connectivity index is 2.53. The Morgan fingerprint density at radius 2 is 2.22 bits per heavy atom. The van der Waals surface area contributed by atoms with E-state index in [4.69, 9.17) is 4.74 Å². The Labute approximate surface area is 111 Å². The van der Waals surface area contributed by atoms with Gasteiger partial charge in [0.25, 0.3) is 0 Å². The summed E-state index contributed by atoms with van der Waals surface area (Å²) in [7, 11) is 1.76. The van der Waals surface area contributed by atoms with Crippen molar-refractivity contribution in [3.8, 4) is 0 Å². The monoisotopic (exact) mass is 253 g/mol. The van der Waals surface area contributed by atoms with Gasteiger partial charge in [-0.25, -0.2) is 4.98 Å². The second-order valence-corrected chi connectivity index (χ2v) is 4.67. The van der Waals surface area contributed by atoms with Crippen molar-refractivity contribution in [2.45, 2.75) is 52.1 Å². The van der Waals surface area contributed by atoms with Crippen LogP contribution < -0.4 is 5.32 Å². The smallest absolute Gasteiger partial charge is 0.110 e. The summed E-state index contributed by atoms with van der Waals surface area (Å²) >= 11 is 0. The number of imidazole rings is 1. The quantitative estimate of drug-likeness (QED) is 0.695. The minimum absolute atomic E-state index is 0.461. The maximum absolute atomic E-state index is 5.18. The van der Waals surface area contributed by atoms with Crippen LogP contribution in [0.2, 0.25) is 0 Å². The van der Waals surface area contributed by atoms with Crippen molar-refractivity contribution in [3.05, 3.63) is 18.2 Å². The van der Waals surface area contributed by atoms with Crippen molar-refractivity contribution in [1.29, 1.82) is 0 Å². The fourth-order valence-electron chi connectivity index (χ4n) is 2.08. The molecule has 0 aliphatic carbocycles. The van der Waals surface area contributed by atoms with E-state index in [9.17, 15) is 0 Å². The largest absolute Gasteiger partial charge is 0.385 e. The normalized spacial score (nSPS) is 12.8. The van der Waals surface area contributed by atoms with E-state index in [0.29, 0.717) is 6.04 Å². The summed E-state index contributed by atoms with van der Waals surface area (Å²) in [4.78, 5) is 4.47. The lowest BCUT2D eigenvalue weighted by molar-refractivity contribution is 0.182. The van der Waals surface area contributed by atoms with Crippen LogP contribution in [-0.4, -0.2) is 35.9 Å². The molecule has 0 fully saturated rings. The van der Waals surface area contributed by atoms with Gasteiger partial charge in [-0.2, -0.15) is 0 Å². The van der Waals surface area contributed by atoms with Gasteiger partial charge in [0.05, 0.1) is 0 Å². The fourth-order valence-corrected chi connectivity index (χ4v) is 2.08. The van der Waals surface area contributed by atoms with E-state index in [0.717, 1.165) is 45.4 Å². The van der Waals surface area contributed by atoms with Crippen LogP contribution in [0, 0.1) is 0 Å². The predicted molar refractivity (Wildman–Crippen MR) is 74.8 cm³/mol. The van der Waals surface area contributed by atoms with E-state index < -0.39 is 0 Å². The van der Waals surface area contributed by atoms with Gasteiger partial charge >= 0.3 is 0 Å². The van der Waals surface area contributed by atoms with Crippen molar-refractivity contribution < 1.29 is 4.74 Å². The van der Waals surface area contributed by atoms with Crippen molar-refractivity contribution in [2.24, 2.45) is 0 Å². The highest BCUT2D eigenvalue weighted by Gasteiger charge is 2.12. The molecule has 4 nitrogen and oxygen atoms in total. The van der Waals surface area contributed by atoms with Gasteiger partial charge in [-0.05, 0) is 25.8 Å². The first-order valence-corrected chi connectivity index (χ1v) is 7.04. The SMILES string of the molecule is CCCNC(CCOC)Cc1nccn1CCC. The van der Waals surface area contributed by atoms with Gasteiger partial charge in [0, 0.05) is 45.1 Å². The highest BCUT2D eigenvalue weighted by atomic mass is 16.5. The van der Waals surface area contributed by atoms with Gasteiger partial charge < -0.3 is 14.6 Å². The van der Waals surface area contributed by atoms with Crippen molar-refractivity contribution >= 4 is 0 Å². The molecule has 104 valence electrons. The highest BCUT2D eigenvalue weighted by Crippen LogP contribution is 2.06. The molecule has 1 aromatic heterocycles. The molecule has 0 radical (unpaired) electrons. The van der Waals surface area contributed by atoms with E-state index in [1.807, 2.05) is 6.20 Å². The summed E-state index contributed by atoms with van der Waals surface area (Å²) in [6, 6.07) is 0.461. The molecule has 4 heteroatoms. The van der Waals surface area contributed by atoms with Crippen molar-refractivity contribution in [3.63, 3.8) is 0 Å². The summed E-state index contributed by atoms with van der Waals surface area (Å²) < 4.78 is 7.44. The second-order valence-electron chi connectivity index (χ2n) is 4.67. The van der Waals surface area contributed by atoms with E-state index in [-0.39, 0.29) is 0 Å². The summed E-state index contributed by atoms with van der Waals surface area (Å²) in [5, 5.41) is 3.58. The van der Waals surface area contributed by atoms with Crippen LogP contribution in [-0.2, 0) is 17.7 Å². The molecule has 1 atom stereocenters. The Morgan fingerprint density at radius 3 is 2.89 bits per heavy atom. The summed E-state index contributed by atoms with van der Waals surface area (Å²) in [5.74, 6) is 1.18. The zero-order valence-corrected chi connectivity index (χ0v) is 12.0. The molecule has 1 unspecified atom stereocenters. The molecule has 0 aliphatic rings. The molecular weight excluding hydrogens is 226 g/mol. The molecule has 1 heterocycles. The van der Waals surface area contributed by atoms with Crippen LogP contribution >= 0.6 is 0 Å². The van der Waals surface area contributed by atoms with Gasteiger partial charge in [0.15, 0.2) is 0 Å². The van der Waals surface area contributed by atoms with Gasteiger partial charge in [-0.15, -0.1) is 0 Å². The van der Waals surface area contributed by atoms with Gasteiger partial charge in [0.2, 0.25) is 0 Å². The van der Waals surface area contributed by atoms with E-state index in [2.05, 4.69) is 34.9 Å². The molecule has 1 N–H and O–H groups in total. The van der Waals surface area contributed by atoms with E-state index in [1.165, 1.54) is 5.82 Å². The van der Waals surface area contributed by atoms with E-state index >= 15 is 0 Å². The summed E-state index contributed by atoms with van der Waals surface area (Å²) in [6.45, 7) is 7.30. The average molecular weight is 253 g/mol. The lowest BCUT2D eigenvalue weighted by atomic mass is 10.1. The Bertz CT molecular complexity index is 304. The Morgan fingerprint density at radius 1 is 1.39 bits per heavy atom. The molecule has 18 heavy (non-hydrogen) atoms. The number of hydrogen-bond acceptors (Lipinski definition) is 3. The molecule has 1 aromatic rings. The number of methoxy groups -OCH3 is 1. The molecular formula is C14H27N3O. The standard InChI is InChI=1S/C14H27N3O/c1-4-7-15-13(6-11-18-3)12-14-16-8-10-17(14)9-5-2/h8,10,13,15H,4-7,9,11-12H2,1-3H3. The maximum Gasteiger partial charge on any atom is 0.110 e. The molecule has 0 saturated carbocycles. The zero-order valence-electron chi connectivity index (χ0n) is 12.0. The molecule has 0 aliphatic heterocycles. The molecule has 0 aromatic carbocycles. The number of rotatable bonds is 10. The lowest BCUT2D eigenvalue weighted by Gasteiger charge is -2.18. The third kappa shape index (κ3) is 5.19. The molecule has 0 amide bonds. The zero-order chi connectivity index (χ0) is 13.2. The first-order chi connectivity index (χ1) is 8.81. The van der Waals surface area contributed by atoms with Crippen molar-refractivity contribution in [1.82, 2.24) is 14.9 Å². The Kier molecular flexibility index (Phi) is 7.69. The van der Waals surface area contributed by atoms with Crippen LogP contribution in [0.1, 0.15) is 38.9 Å². The highest BCUT2D eigenvalue weighted by molar-refractivity contribution is 4.95. The molecule has 0 spiro atoms. The number of aryl methyl sites for hydroxylation is 1.